The van der Waals surface area contributed by atoms with Gasteiger partial charge in [-0.15, -0.1) is 12.4 Å². The summed E-state index contributed by atoms with van der Waals surface area (Å²) in [5, 5.41) is 0.862. The monoisotopic (exact) mass is 443 g/mol. The normalized spacial score (nSPS) is 22.0. The van der Waals surface area contributed by atoms with Crippen LogP contribution >= 0.6 is 12.4 Å². The summed E-state index contributed by atoms with van der Waals surface area (Å²) in [7, 11) is 0. The number of rotatable bonds is 3. The number of aromatic nitrogens is 2. The standard InChI is InChI=1S/C21H21F4N3O.ClH/c1-12-8-18-16(9-17(12)22)15-4-5-26-20(21(23,24)25)19(15)28(18)7-6-27-10-13-2-3-14(11-27)29-13;/h4-5,8-9,13-14H,2-3,6-7,10-11H2,1H3;1H. The molecule has 4 nitrogen and oxygen atoms in total. The number of hydrogen-bond acceptors (Lipinski definition) is 3. The highest BCUT2D eigenvalue weighted by atomic mass is 35.5. The summed E-state index contributed by atoms with van der Waals surface area (Å²) in [5.74, 6) is -0.424. The number of pyridine rings is 1. The van der Waals surface area contributed by atoms with Crippen LogP contribution < -0.4 is 0 Å². The van der Waals surface area contributed by atoms with Gasteiger partial charge in [0.15, 0.2) is 5.69 Å². The predicted molar refractivity (Wildman–Crippen MR) is 109 cm³/mol. The van der Waals surface area contributed by atoms with Crippen LogP contribution in [0.15, 0.2) is 24.4 Å². The first-order chi connectivity index (χ1) is 13.8. The van der Waals surface area contributed by atoms with Gasteiger partial charge in [0.05, 0.1) is 17.7 Å². The third kappa shape index (κ3) is 3.55. The van der Waals surface area contributed by atoms with E-state index in [2.05, 4.69) is 9.88 Å². The lowest BCUT2D eigenvalue weighted by molar-refractivity contribution is -0.140. The van der Waals surface area contributed by atoms with E-state index < -0.39 is 17.7 Å². The fraction of sp³-hybridized carbons (Fsp3) is 0.476. The Bertz CT molecular complexity index is 1090. The maximum absolute atomic E-state index is 14.2. The van der Waals surface area contributed by atoms with Crippen molar-refractivity contribution in [2.45, 2.75) is 44.7 Å². The Labute approximate surface area is 177 Å². The number of halogens is 5. The average Bonchev–Trinajstić information content (AvgIpc) is 3.16. The molecule has 4 heterocycles. The van der Waals surface area contributed by atoms with E-state index in [0.717, 1.165) is 32.1 Å². The van der Waals surface area contributed by atoms with Crippen molar-refractivity contribution in [1.29, 1.82) is 0 Å². The molecule has 0 spiro atoms. The Morgan fingerprint density at radius 1 is 1.10 bits per heavy atom. The highest BCUT2D eigenvalue weighted by molar-refractivity contribution is 6.09. The van der Waals surface area contributed by atoms with Gasteiger partial charge in [-0.3, -0.25) is 4.90 Å². The zero-order chi connectivity index (χ0) is 20.3. The van der Waals surface area contributed by atoms with E-state index >= 15 is 0 Å². The number of alkyl halides is 3. The van der Waals surface area contributed by atoms with Crippen molar-refractivity contribution in [3.63, 3.8) is 0 Å². The van der Waals surface area contributed by atoms with Gasteiger partial charge in [-0.1, -0.05) is 0 Å². The molecule has 0 saturated carbocycles. The van der Waals surface area contributed by atoms with E-state index in [1.54, 1.807) is 17.6 Å². The Kier molecular flexibility index (Phi) is 5.45. The van der Waals surface area contributed by atoms with E-state index in [1.165, 1.54) is 12.1 Å². The first-order valence-electron chi connectivity index (χ1n) is 9.83. The summed E-state index contributed by atoms with van der Waals surface area (Å²) >= 11 is 0. The molecule has 2 unspecified atom stereocenters. The molecular formula is C21H22ClF4N3O. The molecule has 9 heteroatoms. The number of benzene rings is 1. The first-order valence-corrected chi connectivity index (χ1v) is 9.83. The molecule has 1 aromatic carbocycles. The predicted octanol–water partition coefficient (Wildman–Crippen LogP) is 4.94. The minimum atomic E-state index is -4.59. The molecule has 0 amide bonds. The van der Waals surface area contributed by atoms with Gasteiger partial charge >= 0.3 is 6.18 Å². The van der Waals surface area contributed by atoms with Crippen molar-refractivity contribution >= 4 is 34.2 Å². The van der Waals surface area contributed by atoms with E-state index in [4.69, 9.17) is 4.74 Å². The van der Waals surface area contributed by atoms with Gasteiger partial charge in [-0.05, 0) is 43.5 Å². The number of nitrogens with zero attached hydrogens (tertiary/aromatic N) is 3. The van der Waals surface area contributed by atoms with Gasteiger partial charge < -0.3 is 9.30 Å². The minimum Gasteiger partial charge on any atom is -0.372 e. The Morgan fingerprint density at radius 3 is 2.47 bits per heavy atom. The summed E-state index contributed by atoms with van der Waals surface area (Å²) in [6, 6.07) is 4.50. The Hall–Kier alpha value is -1.90. The van der Waals surface area contributed by atoms with Crippen LogP contribution in [0.2, 0.25) is 0 Å². The molecule has 2 aliphatic heterocycles. The molecule has 3 aromatic rings. The molecule has 162 valence electrons. The van der Waals surface area contributed by atoms with E-state index in [0.29, 0.717) is 34.9 Å². The maximum atomic E-state index is 14.2. The second-order valence-corrected chi connectivity index (χ2v) is 8.04. The lowest BCUT2D eigenvalue weighted by Crippen LogP contribution is -2.43. The number of aryl methyl sites for hydroxylation is 1. The van der Waals surface area contributed by atoms with Gasteiger partial charge in [-0.2, -0.15) is 13.2 Å². The van der Waals surface area contributed by atoms with Crippen molar-refractivity contribution in [1.82, 2.24) is 14.5 Å². The number of fused-ring (bicyclic) bond motifs is 5. The lowest BCUT2D eigenvalue weighted by Gasteiger charge is -2.32. The molecule has 2 atom stereocenters. The van der Waals surface area contributed by atoms with Crippen LogP contribution in [-0.2, 0) is 17.5 Å². The summed E-state index contributed by atoms with van der Waals surface area (Å²) in [5.41, 5.74) is 0.115. The molecule has 2 saturated heterocycles. The largest absolute Gasteiger partial charge is 0.435 e. The van der Waals surface area contributed by atoms with Gasteiger partial charge in [-0.25, -0.2) is 9.37 Å². The van der Waals surface area contributed by atoms with Crippen LogP contribution in [0.3, 0.4) is 0 Å². The molecule has 2 aliphatic rings. The number of hydrogen-bond donors (Lipinski definition) is 0. The highest BCUT2D eigenvalue weighted by Gasteiger charge is 2.37. The topological polar surface area (TPSA) is 30.3 Å². The zero-order valence-corrected chi connectivity index (χ0v) is 17.2. The lowest BCUT2D eigenvalue weighted by atomic mass is 10.1. The third-order valence-corrected chi connectivity index (χ3v) is 6.08. The number of ether oxygens (including phenoxy) is 1. The van der Waals surface area contributed by atoms with Gasteiger partial charge in [0.1, 0.15) is 5.82 Å². The van der Waals surface area contributed by atoms with Crippen LogP contribution in [0.25, 0.3) is 21.8 Å². The second kappa shape index (κ2) is 7.66. The van der Waals surface area contributed by atoms with Crippen molar-refractivity contribution in [2.75, 3.05) is 19.6 Å². The van der Waals surface area contributed by atoms with E-state index in [9.17, 15) is 17.6 Å². The Morgan fingerprint density at radius 2 is 1.80 bits per heavy atom. The molecule has 2 aromatic heterocycles. The van der Waals surface area contributed by atoms with Crippen LogP contribution in [0.4, 0.5) is 17.6 Å². The van der Waals surface area contributed by atoms with Crippen molar-refractivity contribution in [3.8, 4) is 0 Å². The molecule has 2 fully saturated rings. The Balaban J connectivity index is 0.00000218. The minimum absolute atomic E-state index is 0. The van der Waals surface area contributed by atoms with E-state index in [1.807, 2.05) is 0 Å². The summed E-state index contributed by atoms with van der Waals surface area (Å²) in [6.07, 6.45) is -0.927. The van der Waals surface area contributed by atoms with E-state index in [-0.39, 0.29) is 30.1 Å². The van der Waals surface area contributed by atoms with Gasteiger partial charge in [0, 0.05) is 48.7 Å². The molecular weight excluding hydrogens is 422 g/mol. The van der Waals surface area contributed by atoms with Gasteiger partial charge in [0.25, 0.3) is 0 Å². The maximum Gasteiger partial charge on any atom is 0.435 e. The fourth-order valence-electron chi connectivity index (χ4n) is 4.73. The molecule has 5 rings (SSSR count). The first kappa shape index (κ1) is 21.3. The SMILES string of the molecule is Cc1cc2c(cc1F)c1ccnc(C(F)(F)F)c1n2CCN1CC2CCC(C1)O2.Cl. The number of likely N-dealkylation sites (tertiary alicyclic amines) is 1. The summed E-state index contributed by atoms with van der Waals surface area (Å²) in [6.45, 7) is 4.20. The molecule has 0 N–H and O–H groups in total. The summed E-state index contributed by atoms with van der Waals surface area (Å²) in [4.78, 5) is 5.89. The van der Waals surface area contributed by atoms with Gasteiger partial charge in [0.2, 0.25) is 0 Å². The molecule has 30 heavy (non-hydrogen) atoms. The number of morpholine rings is 1. The van der Waals surface area contributed by atoms with Crippen LogP contribution in [0, 0.1) is 12.7 Å². The van der Waals surface area contributed by atoms with Crippen LogP contribution in [0.1, 0.15) is 24.1 Å². The molecule has 0 radical (unpaired) electrons. The third-order valence-electron chi connectivity index (χ3n) is 6.08. The summed E-state index contributed by atoms with van der Waals surface area (Å²) < 4.78 is 62.9. The highest BCUT2D eigenvalue weighted by Crippen LogP contribution is 2.38. The van der Waals surface area contributed by atoms with Crippen molar-refractivity contribution in [3.05, 3.63) is 41.5 Å². The zero-order valence-electron chi connectivity index (χ0n) is 16.4. The second-order valence-electron chi connectivity index (χ2n) is 8.04. The van der Waals surface area contributed by atoms with Crippen LogP contribution in [-0.4, -0.2) is 46.3 Å². The smallest absolute Gasteiger partial charge is 0.372 e. The molecule has 2 bridgehead atoms. The van der Waals surface area contributed by atoms with Crippen molar-refractivity contribution in [2.24, 2.45) is 0 Å². The quantitative estimate of drug-likeness (QED) is 0.537. The fourth-order valence-corrected chi connectivity index (χ4v) is 4.73. The average molecular weight is 444 g/mol. The van der Waals surface area contributed by atoms with Crippen LogP contribution in [0.5, 0.6) is 0 Å². The molecule has 0 aliphatic carbocycles. The van der Waals surface area contributed by atoms with Crippen molar-refractivity contribution < 1.29 is 22.3 Å².